The lowest BCUT2D eigenvalue weighted by Crippen LogP contribution is -2.38. The Morgan fingerprint density at radius 1 is 1.37 bits per heavy atom. The third-order valence-electron chi connectivity index (χ3n) is 2.71. The summed E-state index contributed by atoms with van der Waals surface area (Å²) in [4.78, 5) is 25.0. The summed E-state index contributed by atoms with van der Waals surface area (Å²) in [6.45, 7) is 3.02. The molecule has 0 spiro atoms. The Balaban J connectivity index is 2.70. The zero-order valence-corrected chi connectivity index (χ0v) is 11.5. The van der Waals surface area contributed by atoms with Gasteiger partial charge < -0.3 is 16.0 Å². The molecule has 104 valence electrons. The van der Waals surface area contributed by atoms with Crippen LogP contribution in [0.4, 0.5) is 0 Å². The Labute approximate surface area is 113 Å². The molecule has 3 N–H and O–H groups in total. The molecule has 0 fully saturated rings. The van der Waals surface area contributed by atoms with Crippen LogP contribution in [0.3, 0.4) is 0 Å². The highest BCUT2D eigenvalue weighted by Gasteiger charge is 2.14. The molecule has 0 aromatic heterocycles. The molecule has 1 aromatic rings. The fraction of sp³-hybridized carbons (Fsp3) is 0.429. The first kappa shape index (κ1) is 15.2. The van der Waals surface area contributed by atoms with Gasteiger partial charge in [0, 0.05) is 19.2 Å². The molecule has 1 aromatic carbocycles. The molecular formula is C14H21N3O2. The maximum atomic E-state index is 12.2. The molecule has 0 heterocycles. The van der Waals surface area contributed by atoms with Crippen LogP contribution in [-0.2, 0) is 11.2 Å². The molecule has 2 amide bonds. The van der Waals surface area contributed by atoms with Gasteiger partial charge in [-0.05, 0) is 37.6 Å². The predicted molar refractivity (Wildman–Crippen MR) is 74.8 cm³/mol. The van der Waals surface area contributed by atoms with Crippen LogP contribution < -0.4 is 11.1 Å². The number of nitrogens with two attached hydrogens (primary N) is 1. The minimum atomic E-state index is -0.162. The molecule has 0 radical (unpaired) electrons. The van der Waals surface area contributed by atoms with Crippen molar-refractivity contribution in [3.05, 3.63) is 35.4 Å². The first-order valence-electron chi connectivity index (χ1n) is 6.39. The van der Waals surface area contributed by atoms with Gasteiger partial charge in [0.1, 0.15) is 0 Å². The third kappa shape index (κ3) is 4.71. The van der Waals surface area contributed by atoms with Crippen molar-refractivity contribution in [2.24, 2.45) is 5.73 Å². The van der Waals surface area contributed by atoms with E-state index in [4.69, 9.17) is 5.73 Å². The average molecular weight is 263 g/mol. The van der Waals surface area contributed by atoms with Gasteiger partial charge >= 0.3 is 0 Å². The smallest absolute Gasteiger partial charge is 0.254 e. The number of carbonyl (C=O) groups is 2. The van der Waals surface area contributed by atoms with E-state index >= 15 is 0 Å². The van der Waals surface area contributed by atoms with E-state index in [1.165, 1.54) is 4.90 Å². The number of benzene rings is 1. The molecule has 0 aliphatic rings. The summed E-state index contributed by atoms with van der Waals surface area (Å²) in [5.41, 5.74) is 7.11. The minimum Gasteiger partial charge on any atom is -0.355 e. The van der Waals surface area contributed by atoms with Gasteiger partial charge in [0.25, 0.3) is 5.91 Å². The van der Waals surface area contributed by atoms with E-state index in [0.29, 0.717) is 18.7 Å². The maximum absolute atomic E-state index is 12.2. The number of carbonyl (C=O) groups excluding carboxylic acids is 2. The monoisotopic (exact) mass is 263 g/mol. The van der Waals surface area contributed by atoms with E-state index in [-0.39, 0.29) is 18.4 Å². The van der Waals surface area contributed by atoms with E-state index in [1.807, 2.05) is 25.1 Å². The predicted octanol–water partition coefficient (Wildman–Crippen LogP) is 0.396. The molecule has 0 saturated carbocycles. The number of hydrogen-bond donors (Lipinski definition) is 2. The number of nitrogens with zero attached hydrogens (tertiary/aromatic N) is 1. The highest BCUT2D eigenvalue weighted by Crippen LogP contribution is 2.08. The minimum absolute atomic E-state index is 0.0633. The van der Waals surface area contributed by atoms with Crippen molar-refractivity contribution in [3.63, 3.8) is 0 Å². The van der Waals surface area contributed by atoms with E-state index in [9.17, 15) is 9.59 Å². The molecule has 0 bridgehead atoms. The normalized spacial score (nSPS) is 10.1. The lowest BCUT2D eigenvalue weighted by atomic mass is 10.1. The van der Waals surface area contributed by atoms with Crippen LogP contribution in [0.25, 0.3) is 0 Å². The second-order valence-electron chi connectivity index (χ2n) is 4.35. The van der Waals surface area contributed by atoms with E-state index < -0.39 is 0 Å². The van der Waals surface area contributed by atoms with Crippen molar-refractivity contribution in [3.8, 4) is 0 Å². The SMILES string of the molecule is CCNC(=O)CN(C)C(=O)c1cccc(CCN)c1. The summed E-state index contributed by atoms with van der Waals surface area (Å²) in [7, 11) is 1.62. The van der Waals surface area contributed by atoms with Gasteiger partial charge in [-0.3, -0.25) is 9.59 Å². The van der Waals surface area contributed by atoms with Crippen molar-refractivity contribution >= 4 is 11.8 Å². The highest BCUT2D eigenvalue weighted by atomic mass is 16.2. The summed E-state index contributed by atoms with van der Waals surface area (Å²) < 4.78 is 0. The number of nitrogens with one attached hydrogen (secondary N) is 1. The first-order valence-corrected chi connectivity index (χ1v) is 6.39. The standard InChI is InChI=1S/C14H21N3O2/c1-3-16-13(18)10-17(2)14(19)12-6-4-5-11(9-12)7-8-15/h4-6,9H,3,7-8,10,15H2,1-2H3,(H,16,18). The van der Waals surface area contributed by atoms with Gasteiger partial charge in [0.15, 0.2) is 0 Å². The molecule has 0 atom stereocenters. The van der Waals surface area contributed by atoms with Crippen LogP contribution in [0.1, 0.15) is 22.8 Å². The van der Waals surface area contributed by atoms with Crippen LogP contribution >= 0.6 is 0 Å². The molecule has 0 aliphatic carbocycles. The van der Waals surface area contributed by atoms with Crippen LogP contribution in [-0.4, -0.2) is 43.4 Å². The summed E-state index contributed by atoms with van der Waals surface area (Å²) >= 11 is 0. The van der Waals surface area contributed by atoms with Crippen molar-refractivity contribution < 1.29 is 9.59 Å². The van der Waals surface area contributed by atoms with Gasteiger partial charge in [-0.25, -0.2) is 0 Å². The lowest BCUT2D eigenvalue weighted by Gasteiger charge is -2.17. The molecule has 5 nitrogen and oxygen atoms in total. The number of hydrogen-bond acceptors (Lipinski definition) is 3. The highest BCUT2D eigenvalue weighted by molar-refractivity contribution is 5.96. The molecular weight excluding hydrogens is 242 g/mol. The zero-order chi connectivity index (χ0) is 14.3. The van der Waals surface area contributed by atoms with Crippen LogP contribution in [0.5, 0.6) is 0 Å². The Morgan fingerprint density at radius 3 is 2.74 bits per heavy atom. The van der Waals surface area contributed by atoms with Crippen LogP contribution in [0.15, 0.2) is 24.3 Å². The van der Waals surface area contributed by atoms with E-state index in [2.05, 4.69) is 5.32 Å². The fourth-order valence-electron chi connectivity index (χ4n) is 1.79. The quantitative estimate of drug-likeness (QED) is 0.780. The van der Waals surface area contributed by atoms with Crippen molar-refractivity contribution in [1.29, 1.82) is 0 Å². The maximum Gasteiger partial charge on any atom is 0.254 e. The third-order valence-corrected chi connectivity index (χ3v) is 2.71. The van der Waals surface area contributed by atoms with Gasteiger partial charge in [-0.1, -0.05) is 12.1 Å². The number of rotatable bonds is 6. The van der Waals surface area contributed by atoms with Gasteiger partial charge in [0.2, 0.25) is 5.91 Å². The first-order chi connectivity index (χ1) is 9.08. The molecule has 0 unspecified atom stereocenters. The molecule has 1 rings (SSSR count). The number of likely N-dealkylation sites (N-methyl/N-ethyl adjacent to an activating group) is 2. The van der Waals surface area contributed by atoms with Crippen LogP contribution in [0.2, 0.25) is 0 Å². The van der Waals surface area contributed by atoms with Crippen molar-refractivity contribution in [1.82, 2.24) is 10.2 Å². The largest absolute Gasteiger partial charge is 0.355 e. The Morgan fingerprint density at radius 2 is 2.11 bits per heavy atom. The van der Waals surface area contributed by atoms with Crippen molar-refractivity contribution in [2.45, 2.75) is 13.3 Å². The van der Waals surface area contributed by atoms with Gasteiger partial charge in [-0.2, -0.15) is 0 Å². The van der Waals surface area contributed by atoms with E-state index in [0.717, 1.165) is 12.0 Å². The lowest BCUT2D eigenvalue weighted by molar-refractivity contribution is -0.121. The summed E-state index contributed by atoms with van der Waals surface area (Å²) in [6.07, 6.45) is 0.737. The molecule has 19 heavy (non-hydrogen) atoms. The summed E-state index contributed by atoms with van der Waals surface area (Å²) in [5, 5.41) is 2.67. The zero-order valence-electron chi connectivity index (χ0n) is 11.5. The van der Waals surface area contributed by atoms with E-state index in [1.54, 1.807) is 13.1 Å². The Hall–Kier alpha value is -1.88. The fourth-order valence-corrected chi connectivity index (χ4v) is 1.79. The molecule has 0 aliphatic heterocycles. The molecule has 0 saturated heterocycles. The Kier molecular flexibility index (Phi) is 6.02. The van der Waals surface area contributed by atoms with Crippen molar-refractivity contribution in [2.75, 3.05) is 26.7 Å². The second-order valence-corrected chi connectivity index (χ2v) is 4.35. The second kappa shape index (κ2) is 7.53. The average Bonchev–Trinajstić information content (AvgIpc) is 2.38. The van der Waals surface area contributed by atoms with Gasteiger partial charge in [-0.15, -0.1) is 0 Å². The topological polar surface area (TPSA) is 75.4 Å². The van der Waals surface area contributed by atoms with Crippen LogP contribution in [0, 0.1) is 0 Å². The summed E-state index contributed by atoms with van der Waals surface area (Å²) in [6, 6.07) is 7.34. The molecule has 5 heteroatoms. The summed E-state index contributed by atoms with van der Waals surface area (Å²) in [5.74, 6) is -0.318. The van der Waals surface area contributed by atoms with Gasteiger partial charge in [0.05, 0.1) is 6.54 Å². The Bertz CT molecular complexity index is 446. The number of amides is 2.